The lowest BCUT2D eigenvalue weighted by Gasteiger charge is -2.29. The molecule has 3 N–H and O–H groups in total. The molecule has 0 amide bonds. The first-order valence-corrected chi connectivity index (χ1v) is 9.44. The molecule has 1 saturated carbocycles. The van der Waals surface area contributed by atoms with Crippen LogP contribution in [0.4, 0.5) is 19.0 Å². The number of alkyl halides is 3. The van der Waals surface area contributed by atoms with Crippen molar-refractivity contribution in [1.29, 1.82) is 0 Å². The second kappa shape index (κ2) is 6.52. The Kier molecular flexibility index (Phi) is 4.39. The molecule has 3 heterocycles. The second-order valence-corrected chi connectivity index (χ2v) is 7.86. The number of pyridine rings is 2. The minimum Gasteiger partial charge on any atom is -0.383 e. The van der Waals surface area contributed by atoms with Gasteiger partial charge in [-0.25, -0.2) is 9.97 Å². The zero-order valence-electron chi connectivity index (χ0n) is 14.9. The molecule has 1 atom stereocenters. The van der Waals surface area contributed by atoms with E-state index in [1.54, 1.807) is 37.7 Å². The zero-order valence-corrected chi connectivity index (χ0v) is 15.7. The maximum Gasteiger partial charge on any atom is 0.422 e. The van der Waals surface area contributed by atoms with Gasteiger partial charge in [0, 0.05) is 46.8 Å². The van der Waals surface area contributed by atoms with Gasteiger partial charge in [-0.15, -0.1) is 11.3 Å². The predicted molar refractivity (Wildman–Crippen MR) is 103 cm³/mol. The molecule has 1 aliphatic carbocycles. The number of aliphatic hydroxyl groups is 1. The lowest BCUT2D eigenvalue weighted by Crippen LogP contribution is -2.43. The number of anilines is 1. The van der Waals surface area contributed by atoms with Crippen molar-refractivity contribution >= 4 is 33.6 Å². The number of thiophene rings is 1. The van der Waals surface area contributed by atoms with Crippen molar-refractivity contribution in [3.63, 3.8) is 0 Å². The molecule has 3 aromatic heterocycles. The minimum atomic E-state index is -4.73. The molecule has 0 spiro atoms. The highest BCUT2D eigenvalue weighted by molar-refractivity contribution is 7.18. The van der Waals surface area contributed by atoms with E-state index in [-0.39, 0.29) is 4.88 Å². The van der Waals surface area contributed by atoms with Crippen molar-refractivity contribution in [2.45, 2.75) is 24.6 Å². The van der Waals surface area contributed by atoms with Crippen LogP contribution in [-0.2, 0) is 5.60 Å². The maximum atomic E-state index is 13.6. The molecule has 3 aromatic rings. The van der Waals surface area contributed by atoms with Gasteiger partial charge >= 0.3 is 6.18 Å². The zero-order chi connectivity index (χ0) is 20.1. The molecule has 9 heteroatoms. The van der Waals surface area contributed by atoms with Crippen LogP contribution in [0.2, 0.25) is 0 Å². The van der Waals surface area contributed by atoms with Crippen molar-refractivity contribution in [3.8, 4) is 11.3 Å². The number of aromatic nitrogens is 2. The Morgan fingerprint density at radius 3 is 2.68 bits per heavy atom. The van der Waals surface area contributed by atoms with E-state index in [2.05, 4.69) is 15.0 Å². The van der Waals surface area contributed by atoms with Crippen molar-refractivity contribution in [2.75, 3.05) is 12.8 Å². The summed E-state index contributed by atoms with van der Waals surface area (Å²) in [6, 6.07) is 6.57. The number of fused-ring (bicyclic) bond motifs is 1. The van der Waals surface area contributed by atoms with E-state index < -0.39 is 17.7 Å². The molecule has 1 aliphatic rings. The van der Waals surface area contributed by atoms with Gasteiger partial charge < -0.3 is 10.8 Å². The molecule has 0 aliphatic heterocycles. The van der Waals surface area contributed by atoms with Gasteiger partial charge in [-0.05, 0) is 37.1 Å². The number of halogens is 3. The second-order valence-electron chi connectivity index (χ2n) is 6.83. The fraction of sp³-hybridized carbons (Fsp3) is 0.316. The van der Waals surface area contributed by atoms with Crippen LogP contribution in [0.15, 0.2) is 35.5 Å². The highest BCUT2D eigenvalue weighted by atomic mass is 32.1. The van der Waals surface area contributed by atoms with Gasteiger partial charge in [0.2, 0.25) is 0 Å². The summed E-state index contributed by atoms with van der Waals surface area (Å²) in [5.41, 5.74) is 4.87. The Labute approximate surface area is 162 Å². The van der Waals surface area contributed by atoms with Crippen molar-refractivity contribution in [1.82, 2.24) is 9.97 Å². The lowest BCUT2D eigenvalue weighted by atomic mass is 9.94. The average molecular weight is 406 g/mol. The van der Waals surface area contributed by atoms with E-state index in [9.17, 15) is 18.3 Å². The van der Waals surface area contributed by atoms with Gasteiger partial charge in [-0.3, -0.25) is 4.99 Å². The molecule has 0 bridgehead atoms. The van der Waals surface area contributed by atoms with Crippen molar-refractivity contribution < 1.29 is 18.3 Å². The average Bonchev–Trinajstić information content (AvgIpc) is 3.40. The van der Waals surface area contributed by atoms with Crippen molar-refractivity contribution in [3.05, 3.63) is 40.9 Å². The van der Waals surface area contributed by atoms with Crippen LogP contribution in [0.25, 0.3) is 21.5 Å². The monoisotopic (exact) mass is 406 g/mol. The van der Waals surface area contributed by atoms with Crippen molar-refractivity contribution in [2.24, 2.45) is 10.9 Å². The summed E-state index contributed by atoms with van der Waals surface area (Å²) in [6.07, 6.45) is -0.870. The molecule has 0 saturated heterocycles. The van der Waals surface area contributed by atoms with Crippen LogP contribution in [0.3, 0.4) is 0 Å². The molecular weight excluding hydrogens is 389 g/mol. The largest absolute Gasteiger partial charge is 0.422 e. The van der Waals surface area contributed by atoms with E-state index in [4.69, 9.17) is 5.73 Å². The van der Waals surface area contributed by atoms with Crippen LogP contribution in [0, 0.1) is 5.92 Å². The number of nitrogen functional groups attached to an aromatic ring is 1. The number of nitrogens with zero attached hydrogens (tertiary/aromatic N) is 3. The summed E-state index contributed by atoms with van der Waals surface area (Å²) in [6.45, 7) is 0. The van der Waals surface area contributed by atoms with Crippen LogP contribution >= 0.6 is 11.3 Å². The van der Waals surface area contributed by atoms with Crippen LogP contribution in [0.1, 0.15) is 23.3 Å². The standard InChI is InChI=1S/C19H17F3N4OS/c1-24-8-12-6-11(9-25-16(12)23)14-5-2-10-7-15(28-17(10)26-14)18(27,13-3-4-13)19(20,21)22/h2,5-9,13,27H,3-4H2,1H3,(H2,23,25). The smallest absolute Gasteiger partial charge is 0.383 e. The topological polar surface area (TPSA) is 84.4 Å². The fourth-order valence-electron chi connectivity index (χ4n) is 3.21. The summed E-state index contributed by atoms with van der Waals surface area (Å²) in [5, 5.41) is 11.1. The molecule has 1 unspecified atom stereocenters. The molecule has 146 valence electrons. The Hall–Kier alpha value is -2.52. The number of nitrogens with two attached hydrogens (primary N) is 1. The van der Waals surface area contributed by atoms with Gasteiger partial charge in [0.15, 0.2) is 5.60 Å². The first-order valence-electron chi connectivity index (χ1n) is 8.62. The lowest BCUT2D eigenvalue weighted by molar-refractivity contribution is -0.274. The van der Waals surface area contributed by atoms with Gasteiger partial charge in [0.25, 0.3) is 0 Å². The molecule has 0 radical (unpaired) electrons. The highest BCUT2D eigenvalue weighted by Crippen LogP contribution is 2.56. The maximum absolute atomic E-state index is 13.6. The SMILES string of the molecule is CN=Cc1cc(-c2ccc3cc(C(O)(C4CC4)C(F)(F)F)sc3n2)cnc1N. The highest BCUT2D eigenvalue weighted by Gasteiger charge is 2.63. The fourth-order valence-corrected chi connectivity index (χ4v) is 4.44. The predicted octanol–water partition coefficient (Wildman–Crippen LogP) is 4.15. The molecule has 1 fully saturated rings. The van der Waals surface area contributed by atoms with Crippen LogP contribution in [0.5, 0.6) is 0 Å². The quantitative estimate of drug-likeness (QED) is 0.638. The van der Waals surface area contributed by atoms with Gasteiger partial charge in [-0.2, -0.15) is 13.2 Å². The van der Waals surface area contributed by atoms with Gasteiger partial charge in [-0.1, -0.05) is 0 Å². The van der Waals surface area contributed by atoms with Crippen LogP contribution in [-0.4, -0.2) is 34.5 Å². The van der Waals surface area contributed by atoms with Gasteiger partial charge in [0.05, 0.1) is 5.69 Å². The number of hydrogen-bond donors (Lipinski definition) is 2. The summed E-state index contributed by atoms with van der Waals surface area (Å²) in [7, 11) is 1.62. The number of rotatable bonds is 4. The third-order valence-electron chi connectivity index (χ3n) is 4.87. The number of hydrogen-bond acceptors (Lipinski definition) is 6. The Bertz CT molecular complexity index is 1070. The van der Waals surface area contributed by atoms with E-state index in [1.807, 2.05) is 0 Å². The van der Waals surface area contributed by atoms with E-state index in [0.717, 1.165) is 11.3 Å². The first kappa shape index (κ1) is 18.8. The van der Waals surface area contributed by atoms with Crippen LogP contribution < -0.4 is 5.73 Å². The third kappa shape index (κ3) is 3.04. The Balaban J connectivity index is 1.78. The van der Waals surface area contributed by atoms with E-state index >= 15 is 0 Å². The molecule has 28 heavy (non-hydrogen) atoms. The molecule has 5 nitrogen and oxygen atoms in total. The summed E-state index contributed by atoms with van der Waals surface area (Å²) in [5.74, 6) is -0.467. The third-order valence-corrected chi connectivity index (χ3v) is 6.04. The molecule has 0 aromatic carbocycles. The van der Waals surface area contributed by atoms with E-state index in [0.29, 0.717) is 45.7 Å². The Morgan fingerprint density at radius 2 is 2.04 bits per heavy atom. The summed E-state index contributed by atoms with van der Waals surface area (Å²) < 4.78 is 40.8. The Morgan fingerprint density at radius 1 is 1.29 bits per heavy atom. The summed E-state index contributed by atoms with van der Waals surface area (Å²) >= 11 is 0.873. The minimum absolute atomic E-state index is 0.114. The summed E-state index contributed by atoms with van der Waals surface area (Å²) in [4.78, 5) is 12.9. The normalized spacial score (nSPS) is 17.3. The number of aliphatic imine (C=N–C) groups is 1. The van der Waals surface area contributed by atoms with Gasteiger partial charge in [0.1, 0.15) is 10.6 Å². The van der Waals surface area contributed by atoms with E-state index in [1.165, 1.54) is 6.07 Å². The molecular formula is C19H17F3N4OS. The first-order chi connectivity index (χ1) is 13.2. The molecule has 4 rings (SSSR count).